The molecule has 3 heterocycles. The number of nitrogens with zero attached hydrogens (tertiary/aromatic N) is 5. The first-order chi connectivity index (χ1) is 14.1. The quantitative estimate of drug-likeness (QED) is 0.375. The van der Waals surface area contributed by atoms with Gasteiger partial charge in [-0.3, -0.25) is 19.4 Å². The maximum Gasteiger partial charge on any atom is 0.290 e. The number of carbonyl (C=O) groups is 3. The highest BCUT2D eigenvalue weighted by atomic mass is 16.3. The van der Waals surface area contributed by atoms with Gasteiger partial charge < -0.3 is 20.7 Å². The zero-order valence-electron chi connectivity index (χ0n) is 15.4. The molecule has 0 aromatic carbocycles. The molecule has 0 saturated carbocycles. The van der Waals surface area contributed by atoms with Gasteiger partial charge in [-0.1, -0.05) is 0 Å². The highest BCUT2D eigenvalue weighted by Crippen LogP contribution is 2.03. The first-order valence-corrected chi connectivity index (χ1v) is 8.52. The van der Waals surface area contributed by atoms with E-state index in [0.29, 0.717) is 30.9 Å². The second-order valence-corrected chi connectivity index (χ2v) is 5.64. The number of aromatic nitrogens is 6. The maximum absolute atomic E-state index is 11.9. The van der Waals surface area contributed by atoms with Crippen molar-refractivity contribution in [2.75, 3.05) is 0 Å². The van der Waals surface area contributed by atoms with Gasteiger partial charge in [-0.25, -0.2) is 4.68 Å². The highest BCUT2D eigenvalue weighted by molar-refractivity contribution is 5.93. The number of hydrogen-bond donors (Lipinski definition) is 4. The van der Waals surface area contributed by atoms with Crippen LogP contribution < -0.4 is 10.6 Å². The molecule has 12 heteroatoms. The third-order valence-corrected chi connectivity index (χ3v) is 3.62. The van der Waals surface area contributed by atoms with Crippen molar-refractivity contribution in [3.63, 3.8) is 0 Å². The molecule has 2 amide bonds. The summed E-state index contributed by atoms with van der Waals surface area (Å²) in [5.41, 5.74) is 2.19. The number of hydrogen-bond acceptors (Lipinski definition) is 7. The van der Waals surface area contributed by atoms with Crippen LogP contribution in [0.5, 0.6) is 0 Å². The molecule has 0 aliphatic heterocycles. The smallest absolute Gasteiger partial charge is 0.290 e. The number of carboxylic acid groups (broad SMARTS) is 1. The summed E-state index contributed by atoms with van der Waals surface area (Å²) in [7, 11) is 0. The lowest BCUT2D eigenvalue weighted by Gasteiger charge is -2.08. The van der Waals surface area contributed by atoms with Crippen LogP contribution in [0.4, 0.5) is 0 Å². The number of rotatable bonds is 8. The summed E-state index contributed by atoms with van der Waals surface area (Å²) in [5.74, 6) is -0.269. The van der Waals surface area contributed by atoms with Crippen LogP contribution in [0.3, 0.4) is 0 Å². The lowest BCUT2D eigenvalue weighted by Crippen LogP contribution is -2.25. The lowest BCUT2D eigenvalue weighted by atomic mass is 10.2. The van der Waals surface area contributed by atoms with Gasteiger partial charge in [-0.15, -0.1) is 5.10 Å². The van der Waals surface area contributed by atoms with E-state index in [1.54, 1.807) is 24.7 Å². The second kappa shape index (κ2) is 11.6. The van der Waals surface area contributed by atoms with Gasteiger partial charge in [0.1, 0.15) is 6.33 Å². The van der Waals surface area contributed by atoms with Crippen molar-refractivity contribution >= 4 is 18.3 Å². The molecule has 3 aromatic rings. The Labute approximate surface area is 165 Å². The standard InChI is InChI=1S/C16H18N8O2.CH2O2/c25-15(3-6-24-11-21-22-23-24)19-8-12-1-5-18-14(7-12)10-20-16(26)13-2-4-17-9-13;2-1-3/h1-2,4-5,7,9,11,17H,3,6,8,10H2,(H,19,25)(H,20,26);1H,(H,2,3). The van der Waals surface area contributed by atoms with Gasteiger partial charge in [-0.2, -0.15) is 0 Å². The Balaban J connectivity index is 0.000000941. The summed E-state index contributed by atoms with van der Waals surface area (Å²) in [5, 5.41) is 23.2. The van der Waals surface area contributed by atoms with Crippen molar-refractivity contribution in [2.24, 2.45) is 0 Å². The van der Waals surface area contributed by atoms with Gasteiger partial charge >= 0.3 is 0 Å². The summed E-state index contributed by atoms with van der Waals surface area (Å²) >= 11 is 0. The molecule has 4 N–H and O–H groups in total. The van der Waals surface area contributed by atoms with Gasteiger partial charge in [-0.05, 0) is 34.2 Å². The summed E-state index contributed by atoms with van der Waals surface area (Å²) < 4.78 is 1.50. The molecule has 152 valence electrons. The van der Waals surface area contributed by atoms with E-state index in [1.165, 1.54) is 11.0 Å². The van der Waals surface area contributed by atoms with Crippen molar-refractivity contribution in [3.8, 4) is 0 Å². The topological polar surface area (TPSA) is 168 Å². The molecule has 29 heavy (non-hydrogen) atoms. The molecule has 0 unspecified atom stereocenters. The Morgan fingerprint density at radius 1 is 1.24 bits per heavy atom. The zero-order valence-corrected chi connectivity index (χ0v) is 15.4. The number of tetrazole rings is 1. The van der Waals surface area contributed by atoms with Gasteiger partial charge in [0, 0.05) is 31.6 Å². The van der Waals surface area contributed by atoms with Gasteiger partial charge in [0.2, 0.25) is 5.91 Å². The van der Waals surface area contributed by atoms with E-state index in [-0.39, 0.29) is 24.7 Å². The molecule has 0 aliphatic rings. The Morgan fingerprint density at radius 2 is 2.07 bits per heavy atom. The van der Waals surface area contributed by atoms with Gasteiger partial charge in [0.05, 0.1) is 24.3 Å². The predicted molar refractivity (Wildman–Crippen MR) is 99.2 cm³/mol. The van der Waals surface area contributed by atoms with Crippen LogP contribution in [-0.4, -0.2) is 53.6 Å². The second-order valence-electron chi connectivity index (χ2n) is 5.64. The van der Waals surface area contributed by atoms with Gasteiger partial charge in [0.15, 0.2) is 0 Å². The average Bonchev–Trinajstić information content (AvgIpc) is 3.44. The number of aromatic amines is 1. The maximum atomic E-state index is 11.9. The van der Waals surface area contributed by atoms with Crippen molar-refractivity contribution < 1.29 is 19.5 Å². The summed E-state index contributed by atoms with van der Waals surface area (Å²) in [4.78, 5) is 39.2. The number of nitrogens with one attached hydrogen (secondary N) is 3. The fraction of sp³-hybridized carbons (Fsp3) is 0.235. The molecule has 3 aromatic heterocycles. The van der Waals surface area contributed by atoms with Crippen LogP contribution in [-0.2, 0) is 29.2 Å². The van der Waals surface area contributed by atoms with Gasteiger partial charge in [0.25, 0.3) is 12.4 Å². The normalized spacial score (nSPS) is 9.79. The van der Waals surface area contributed by atoms with Crippen molar-refractivity contribution in [3.05, 3.63) is 59.9 Å². The lowest BCUT2D eigenvalue weighted by molar-refractivity contribution is -0.123. The third-order valence-electron chi connectivity index (χ3n) is 3.62. The van der Waals surface area contributed by atoms with Crippen molar-refractivity contribution in [2.45, 2.75) is 26.1 Å². The van der Waals surface area contributed by atoms with Crippen LogP contribution in [0.15, 0.2) is 43.1 Å². The first kappa shape index (κ1) is 21.2. The molecule has 3 rings (SSSR count). The molecule has 12 nitrogen and oxygen atoms in total. The Bertz CT molecular complexity index is 896. The number of aryl methyl sites for hydroxylation is 1. The minimum absolute atomic E-state index is 0.0976. The minimum atomic E-state index is -0.250. The van der Waals surface area contributed by atoms with E-state index in [0.717, 1.165) is 5.56 Å². The Morgan fingerprint density at radius 3 is 2.76 bits per heavy atom. The van der Waals surface area contributed by atoms with E-state index in [1.807, 2.05) is 12.1 Å². The number of H-pyrrole nitrogens is 1. The van der Waals surface area contributed by atoms with Crippen molar-refractivity contribution in [1.29, 1.82) is 0 Å². The van der Waals surface area contributed by atoms with Crippen LogP contribution in [0.1, 0.15) is 28.0 Å². The summed E-state index contributed by atoms with van der Waals surface area (Å²) in [6.45, 7) is 0.867. The number of carbonyl (C=O) groups excluding carboxylic acids is 2. The number of pyridine rings is 1. The molecular formula is C17H20N8O4. The van der Waals surface area contributed by atoms with Crippen LogP contribution in [0.25, 0.3) is 0 Å². The number of amides is 2. The fourth-order valence-electron chi connectivity index (χ4n) is 2.26. The Kier molecular flexibility index (Phi) is 8.48. The van der Waals surface area contributed by atoms with E-state index in [2.05, 4.69) is 36.1 Å². The predicted octanol–water partition coefficient (Wildman–Crippen LogP) is -0.266. The first-order valence-electron chi connectivity index (χ1n) is 8.52. The summed E-state index contributed by atoms with van der Waals surface area (Å²) in [6, 6.07) is 5.36. The highest BCUT2D eigenvalue weighted by Gasteiger charge is 2.07. The summed E-state index contributed by atoms with van der Waals surface area (Å²) in [6.07, 6.45) is 6.72. The average molecular weight is 400 g/mol. The largest absolute Gasteiger partial charge is 0.483 e. The minimum Gasteiger partial charge on any atom is -0.483 e. The van der Waals surface area contributed by atoms with E-state index in [9.17, 15) is 9.59 Å². The van der Waals surface area contributed by atoms with Crippen molar-refractivity contribution in [1.82, 2.24) is 40.8 Å². The SMILES string of the molecule is O=C(CCn1cnnn1)NCc1ccnc(CNC(=O)c2cc[nH]c2)c1.O=CO. The molecule has 0 aliphatic carbocycles. The monoisotopic (exact) mass is 400 g/mol. The van der Waals surface area contributed by atoms with E-state index < -0.39 is 0 Å². The Hall–Kier alpha value is -4.09. The fourth-order valence-corrected chi connectivity index (χ4v) is 2.26. The van der Waals surface area contributed by atoms with Crippen LogP contribution in [0, 0.1) is 0 Å². The van der Waals surface area contributed by atoms with Crippen LogP contribution >= 0.6 is 0 Å². The molecule has 0 saturated heterocycles. The molecule has 0 spiro atoms. The van der Waals surface area contributed by atoms with E-state index >= 15 is 0 Å². The molecule has 0 radical (unpaired) electrons. The molecule has 0 bridgehead atoms. The molecule has 0 fully saturated rings. The van der Waals surface area contributed by atoms with E-state index in [4.69, 9.17) is 9.90 Å². The zero-order chi connectivity index (χ0) is 20.9. The van der Waals surface area contributed by atoms with Crippen LogP contribution in [0.2, 0.25) is 0 Å². The molecular weight excluding hydrogens is 380 g/mol. The third kappa shape index (κ3) is 7.58. The molecule has 0 atom stereocenters.